The van der Waals surface area contributed by atoms with Crippen LogP contribution in [0, 0.1) is 5.92 Å². The SMILES string of the molecule is C=CCCCC1COC(c2ccc(-c3ccc(O)cc3)cc2)OC1. The molecule has 0 atom stereocenters. The number of phenolic OH excluding ortho intramolecular Hbond substituents is 1. The van der Waals surface area contributed by atoms with Crippen molar-refractivity contribution in [1.29, 1.82) is 0 Å². The normalized spacial score (nSPS) is 20.7. The Morgan fingerprint density at radius 1 is 0.958 bits per heavy atom. The van der Waals surface area contributed by atoms with E-state index in [1.807, 2.05) is 30.3 Å². The summed E-state index contributed by atoms with van der Waals surface area (Å²) in [7, 11) is 0. The number of unbranched alkanes of at least 4 members (excludes halogenated alkanes) is 1. The Hall–Kier alpha value is -2.10. The molecular formula is C21H24O3. The van der Waals surface area contributed by atoms with Crippen LogP contribution in [-0.4, -0.2) is 18.3 Å². The van der Waals surface area contributed by atoms with E-state index in [1.54, 1.807) is 12.1 Å². The third-order valence-electron chi connectivity index (χ3n) is 4.37. The Balaban J connectivity index is 1.56. The Morgan fingerprint density at radius 2 is 1.54 bits per heavy atom. The van der Waals surface area contributed by atoms with Crippen molar-refractivity contribution in [3.05, 3.63) is 66.7 Å². The Bertz CT molecular complexity index is 638. The van der Waals surface area contributed by atoms with Gasteiger partial charge in [-0.2, -0.15) is 0 Å². The topological polar surface area (TPSA) is 38.7 Å². The molecule has 0 aliphatic carbocycles. The summed E-state index contributed by atoms with van der Waals surface area (Å²) in [5.41, 5.74) is 3.23. The van der Waals surface area contributed by atoms with Crippen molar-refractivity contribution in [2.75, 3.05) is 13.2 Å². The smallest absolute Gasteiger partial charge is 0.183 e. The van der Waals surface area contributed by atoms with Crippen LogP contribution >= 0.6 is 0 Å². The van der Waals surface area contributed by atoms with E-state index in [0.29, 0.717) is 5.92 Å². The van der Waals surface area contributed by atoms with Crippen LogP contribution in [0.4, 0.5) is 0 Å². The van der Waals surface area contributed by atoms with Gasteiger partial charge in [0.05, 0.1) is 13.2 Å². The molecule has 0 spiro atoms. The van der Waals surface area contributed by atoms with Crippen LogP contribution in [0.1, 0.15) is 31.1 Å². The quantitative estimate of drug-likeness (QED) is 0.595. The second-order valence-electron chi connectivity index (χ2n) is 6.25. The van der Waals surface area contributed by atoms with Crippen molar-refractivity contribution in [3.63, 3.8) is 0 Å². The third kappa shape index (κ3) is 4.25. The van der Waals surface area contributed by atoms with Gasteiger partial charge in [0.2, 0.25) is 0 Å². The lowest BCUT2D eigenvalue weighted by Crippen LogP contribution is -2.27. The predicted molar refractivity (Wildman–Crippen MR) is 95.7 cm³/mol. The summed E-state index contributed by atoms with van der Waals surface area (Å²) in [5.74, 6) is 0.763. The van der Waals surface area contributed by atoms with Crippen molar-refractivity contribution in [3.8, 4) is 16.9 Å². The highest BCUT2D eigenvalue weighted by molar-refractivity contribution is 5.64. The standard InChI is InChI=1S/C21H24O3/c1-2-3-4-5-16-14-23-21(24-15-16)19-8-6-17(7-9-19)18-10-12-20(22)13-11-18/h2,6-13,16,21-22H,1,3-5,14-15H2. The van der Waals surface area contributed by atoms with E-state index in [-0.39, 0.29) is 12.0 Å². The maximum Gasteiger partial charge on any atom is 0.183 e. The molecule has 126 valence electrons. The molecule has 3 rings (SSSR count). The van der Waals surface area contributed by atoms with Gasteiger partial charge in [-0.3, -0.25) is 0 Å². The summed E-state index contributed by atoms with van der Waals surface area (Å²) in [4.78, 5) is 0. The maximum absolute atomic E-state index is 9.37. The van der Waals surface area contributed by atoms with Gasteiger partial charge in [-0.1, -0.05) is 42.5 Å². The lowest BCUT2D eigenvalue weighted by Gasteiger charge is -2.29. The first kappa shape index (κ1) is 16.7. The molecule has 3 heteroatoms. The zero-order valence-electron chi connectivity index (χ0n) is 13.9. The molecule has 0 bridgehead atoms. The number of benzene rings is 2. The molecule has 0 radical (unpaired) electrons. The van der Waals surface area contributed by atoms with Crippen molar-refractivity contribution in [1.82, 2.24) is 0 Å². The molecule has 0 amide bonds. The Kier molecular flexibility index (Phi) is 5.68. The molecule has 0 saturated carbocycles. The first-order valence-corrected chi connectivity index (χ1v) is 8.50. The lowest BCUT2D eigenvalue weighted by atomic mass is 10.0. The van der Waals surface area contributed by atoms with Crippen LogP contribution in [0.3, 0.4) is 0 Å². The summed E-state index contributed by atoms with van der Waals surface area (Å²) in [6, 6.07) is 15.4. The van der Waals surface area contributed by atoms with E-state index >= 15 is 0 Å². The number of aromatic hydroxyl groups is 1. The van der Waals surface area contributed by atoms with Crippen molar-refractivity contribution in [2.45, 2.75) is 25.6 Å². The summed E-state index contributed by atoms with van der Waals surface area (Å²) in [5, 5.41) is 9.37. The Labute approximate surface area is 143 Å². The molecule has 0 unspecified atom stereocenters. The first-order chi connectivity index (χ1) is 11.8. The number of hydrogen-bond acceptors (Lipinski definition) is 3. The maximum atomic E-state index is 9.37. The Morgan fingerprint density at radius 3 is 2.12 bits per heavy atom. The minimum absolute atomic E-state index is 0.269. The number of allylic oxidation sites excluding steroid dienone is 1. The summed E-state index contributed by atoms with van der Waals surface area (Å²) < 4.78 is 11.8. The van der Waals surface area contributed by atoms with E-state index in [0.717, 1.165) is 49.2 Å². The molecule has 1 saturated heterocycles. The van der Waals surface area contributed by atoms with E-state index in [4.69, 9.17) is 9.47 Å². The lowest BCUT2D eigenvalue weighted by molar-refractivity contribution is -0.206. The van der Waals surface area contributed by atoms with E-state index in [2.05, 4.69) is 18.7 Å². The summed E-state index contributed by atoms with van der Waals surface area (Å²) in [6.07, 6.45) is 5.02. The summed E-state index contributed by atoms with van der Waals surface area (Å²) in [6.45, 7) is 5.26. The van der Waals surface area contributed by atoms with Crippen molar-refractivity contribution < 1.29 is 14.6 Å². The minimum atomic E-state index is -0.269. The van der Waals surface area contributed by atoms with Crippen LogP contribution in [0.15, 0.2) is 61.2 Å². The molecule has 1 heterocycles. The predicted octanol–water partition coefficient (Wildman–Crippen LogP) is 5.08. The second kappa shape index (κ2) is 8.13. The van der Waals surface area contributed by atoms with Crippen molar-refractivity contribution >= 4 is 0 Å². The van der Waals surface area contributed by atoms with Crippen molar-refractivity contribution in [2.24, 2.45) is 5.92 Å². The van der Waals surface area contributed by atoms with E-state index in [1.165, 1.54) is 0 Å². The van der Waals surface area contributed by atoms with Crippen LogP contribution in [0.5, 0.6) is 5.75 Å². The fourth-order valence-electron chi connectivity index (χ4n) is 2.94. The molecule has 2 aromatic rings. The molecule has 24 heavy (non-hydrogen) atoms. The number of rotatable bonds is 6. The average molecular weight is 324 g/mol. The van der Waals surface area contributed by atoms with Gasteiger partial charge in [0.25, 0.3) is 0 Å². The molecule has 2 aromatic carbocycles. The molecule has 1 fully saturated rings. The summed E-state index contributed by atoms with van der Waals surface area (Å²) >= 11 is 0. The monoisotopic (exact) mass is 324 g/mol. The van der Waals surface area contributed by atoms with E-state index in [9.17, 15) is 5.11 Å². The van der Waals surface area contributed by atoms with Gasteiger partial charge in [0.1, 0.15) is 5.75 Å². The van der Waals surface area contributed by atoms with Gasteiger partial charge in [-0.25, -0.2) is 0 Å². The largest absolute Gasteiger partial charge is 0.508 e. The van der Waals surface area contributed by atoms with Crippen LogP contribution in [-0.2, 0) is 9.47 Å². The second-order valence-corrected chi connectivity index (χ2v) is 6.25. The average Bonchev–Trinajstić information content (AvgIpc) is 2.63. The molecule has 3 nitrogen and oxygen atoms in total. The van der Waals surface area contributed by atoms with Crippen LogP contribution in [0.2, 0.25) is 0 Å². The van der Waals surface area contributed by atoms with Gasteiger partial charge >= 0.3 is 0 Å². The molecular weight excluding hydrogens is 300 g/mol. The highest BCUT2D eigenvalue weighted by Crippen LogP contribution is 2.29. The molecule has 1 aliphatic heterocycles. The van der Waals surface area contributed by atoms with E-state index < -0.39 is 0 Å². The van der Waals surface area contributed by atoms with Gasteiger partial charge < -0.3 is 14.6 Å². The molecule has 1 aliphatic rings. The molecule has 1 N–H and O–H groups in total. The fraction of sp³-hybridized carbons (Fsp3) is 0.333. The van der Waals surface area contributed by atoms with Gasteiger partial charge in [0, 0.05) is 11.5 Å². The first-order valence-electron chi connectivity index (χ1n) is 8.50. The van der Waals surface area contributed by atoms with Gasteiger partial charge in [-0.05, 0) is 42.5 Å². The number of ether oxygens (including phenoxy) is 2. The van der Waals surface area contributed by atoms with Crippen LogP contribution < -0.4 is 0 Å². The van der Waals surface area contributed by atoms with Gasteiger partial charge in [-0.15, -0.1) is 6.58 Å². The number of phenols is 1. The zero-order chi connectivity index (χ0) is 16.8. The zero-order valence-corrected chi connectivity index (χ0v) is 13.9. The minimum Gasteiger partial charge on any atom is -0.508 e. The molecule has 0 aromatic heterocycles. The van der Waals surface area contributed by atoms with Crippen LogP contribution in [0.25, 0.3) is 11.1 Å². The highest BCUT2D eigenvalue weighted by Gasteiger charge is 2.23. The third-order valence-corrected chi connectivity index (χ3v) is 4.37. The fourth-order valence-corrected chi connectivity index (χ4v) is 2.94. The number of hydrogen-bond donors (Lipinski definition) is 1. The highest BCUT2D eigenvalue weighted by atomic mass is 16.7. The van der Waals surface area contributed by atoms with Gasteiger partial charge in [0.15, 0.2) is 6.29 Å².